The van der Waals surface area contributed by atoms with Crippen LogP contribution in [0.25, 0.3) is 0 Å². The van der Waals surface area contributed by atoms with Crippen molar-refractivity contribution in [1.29, 1.82) is 0 Å². The van der Waals surface area contributed by atoms with Gasteiger partial charge in [0.1, 0.15) is 5.75 Å². The average molecular weight is 403 g/mol. The van der Waals surface area contributed by atoms with Crippen molar-refractivity contribution in [2.24, 2.45) is 5.10 Å². The van der Waals surface area contributed by atoms with Gasteiger partial charge in [0.25, 0.3) is 5.91 Å². The molecule has 2 aromatic rings. The number of nitrogens with one attached hydrogen (secondary N) is 1. The van der Waals surface area contributed by atoms with E-state index in [-0.39, 0.29) is 12.5 Å². The first-order valence-electron chi connectivity index (χ1n) is 8.34. The third kappa shape index (κ3) is 5.71. The van der Waals surface area contributed by atoms with E-state index in [1.807, 2.05) is 55.5 Å². The molecule has 0 aromatic heterocycles. The van der Waals surface area contributed by atoms with Crippen LogP contribution in [0.2, 0.25) is 0 Å². The Hall–Kier alpha value is -2.14. The van der Waals surface area contributed by atoms with Crippen LogP contribution >= 0.6 is 15.9 Å². The highest BCUT2D eigenvalue weighted by atomic mass is 79.9. The SMILES string of the molecule is CC/C(=N/NC(=O)COc1ccc(C(C)C)cc1Br)c1ccccc1. The maximum Gasteiger partial charge on any atom is 0.277 e. The van der Waals surface area contributed by atoms with Crippen LogP contribution in [0.1, 0.15) is 44.2 Å². The summed E-state index contributed by atoms with van der Waals surface area (Å²) in [7, 11) is 0. The van der Waals surface area contributed by atoms with E-state index in [1.165, 1.54) is 5.56 Å². The van der Waals surface area contributed by atoms with Crippen molar-refractivity contribution >= 4 is 27.5 Å². The zero-order valence-corrected chi connectivity index (χ0v) is 16.3. The minimum Gasteiger partial charge on any atom is -0.483 e. The Morgan fingerprint density at radius 1 is 1.20 bits per heavy atom. The Morgan fingerprint density at radius 2 is 1.92 bits per heavy atom. The molecule has 0 aliphatic rings. The van der Waals surface area contributed by atoms with Gasteiger partial charge in [-0.2, -0.15) is 5.10 Å². The first kappa shape index (κ1) is 19.2. The lowest BCUT2D eigenvalue weighted by molar-refractivity contribution is -0.123. The van der Waals surface area contributed by atoms with Gasteiger partial charge in [-0.15, -0.1) is 0 Å². The van der Waals surface area contributed by atoms with Crippen LogP contribution in [-0.2, 0) is 4.79 Å². The summed E-state index contributed by atoms with van der Waals surface area (Å²) in [4.78, 5) is 12.0. The van der Waals surface area contributed by atoms with E-state index in [0.717, 1.165) is 22.2 Å². The Bertz CT molecular complexity index is 743. The normalized spacial score (nSPS) is 11.5. The molecule has 0 bridgehead atoms. The molecule has 25 heavy (non-hydrogen) atoms. The van der Waals surface area contributed by atoms with E-state index < -0.39 is 0 Å². The highest BCUT2D eigenvalue weighted by Gasteiger charge is 2.08. The van der Waals surface area contributed by atoms with E-state index >= 15 is 0 Å². The minimum atomic E-state index is -0.290. The second kappa shape index (κ2) is 9.37. The van der Waals surface area contributed by atoms with Gasteiger partial charge >= 0.3 is 0 Å². The number of hydrazone groups is 1. The fourth-order valence-corrected chi connectivity index (χ4v) is 2.79. The smallest absolute Gasteiger partial charge is 0.277 e. The summed E-state index contributed by atoms with van der Waals surface area (Å²) >= 11 is 3.49. The third-order valence-electron chi connectivity index (χ3n) is 3.74. The number of halogens is 1. The molecule has 1 amide bonds. The highest BCUT2D eigenvalue weighted by molar-refractivity contribution is 9.10. The summed E-state index contributed by atoms with van der Waals surface area (Å²) in [6, 6.07) is 15.7. The molecule has 0 saturated heterocycles. The number of amides is 1. The summed E-state index contributed by atoms with van der Waals surface area (Å²) in [6.07, 6.45) is 0.730. The number of benzene rings is 2. The molecule has 0 saturated carbocycles. The highest BCUT2D eigenvalue weighted by Crippen LogP contribution is 2.28. The predicted molar refractivity (Wildman–Crippen MR) is 105 cm³/mol. The zero-order valence-electron chi connectivity index (χ0n) is 14.8. The van der Waals surface area contributed by atoms with Gasteiger partial charge < -0.3 is 4.74 Å². The van der Waals surface area contributed by atoms with Crippen LogP contribution in [0.15, 0.2) is 58.1 Å². The van der Waals surface area contributed by atoms with E-state index in [1.54, 1.807) is 0 Å². The van der Waals surface area contributed by atoms with E-state index in [0.29, 0.717) is 11.7 Å². The van der Waals surface area contributed by atoms with Crippen molar-refractivity contribution in [2.45, 2.75) is 33.1 Å². The summed E-state index contributed by atoms with van der Waals surface area (Å²) in [5.74, 6) is 0.789. The Balaban J connectivity index is 1.93. The molecule has 4 nitrogen and oxygen atoms in total. The fourth-order valence-electron chi connectivity index (χ4n) is 2.28. The monoisotopic (exact) mass is 402 g/mol. The van der Waals surface area contributed by atoms with Gasteiger partial charge in [-0.1, -0.05) is 57.2 Å². The molecule has 0 aliphatic heterocycles. The number of carbonyl (C=O) groups is 1. The maximum absolute atomic E-state index is 12.0. The standard InChI is InChI=1S/C20H23BrN2O2/c1-4-18(15-8-6-5-7-9-15)22-23-20(24)13-25-19-11-10-16(14(2)3)12-17(19)21/h5-12,14H,4,13H2,1-3H3,(H,23,24)/b22-18-. The molecule has 2 rings (SSSR count). The molecule has 1 N–H and O–H groups in total. The molecule has 0 atom stereocenters. The number of nitrogens with zero attached hydrogens (tertiary/aromatic N) is 1. The number of hydrogen-bond acceptors (Lipinski definition) is 3. The number of hydrogen-bond donors (Lipinski definition) is 1. The van der Waals surface area contributed by atoms with Crippen LogP contribution in [0.3, 0.4) is 0 Å². The predicted octanol–water partition coefficient (Wildman–Crippen LogP) is 4.88. The van der Waals surface area contributed by atoms with Crippen LogP contribution in [0.5, 0.6) is 5.75 Å². The van der Waals surface area contributed by atoms with Crippen molar-refractivity contribution < 1.29 is 9.53 Å². The largest absolute Gasteiger partial charge is 0.483 e. The van der Waals surface area contributed by atoms with Crippen molar-refractivity contribution in [3.8, 4) is 5.75 Å². The molecule has 0 unspecified atom stereocenters. The van der Waals surface area contributed by atoms with Crippen LogP contribution in [0, 0.1) is 0 Å². The second-order valence-electron chi connectivity index (χ2n) is 5.95. The minimum absolute atomic E-state index is 0.0884. The van der Waals surface area contributed by atoms with Gasteiger partial charge in [0.15, 0.2) is 6.61 Å². The Morgan fingerprint density at radius 3 is 2.52 bits per heavy atom. The topological polar surface area (TPSA) is 50.7 Å². The van der Waals surface area contributed by atoms with Gasteiger partial charge in [0, 0.05) is 0 Å². The number of rotatable bonds is 7. The van der Waals surface area contributed by atoms with Crippen molar-refractivity contribution in [1.82, 2.24) is 5.43 Å². The number of carbonyl (C=O) groups excluding carboxylic acids is 1. The van der Waals surface area contributed by atoms with E-state index in [9.17, 15) is 4.79 Å². The van der Waals surface area contributed by atoms with Crippen molar-refractivity contribution in [2.75, 3.05) is 6.61 Å². The second-order valence-corrected chi connectivity index (χ2v) is 6.80. The Labute approximate surface area is 157 Å². The van der Waals surface area contributed by atoms with Gasteiger partial charge in [-0.3, -0.25) is 4.79 Å². The molecule has 0 heterocycles. The molecule has 0 spiro atoms. The van der Waals surface area contributed by atoms with Gasteiger partial charge in [-0.25, -0.2) is 5.43 Å². The van der Waals surface area contributed by atoms with Crippen LogP contribution < -0.4 is 10.2 Å². The summed E-state index contributed by atoms with van der Waals surface area (Å²) < 4.78 is 6.42. The van der Waals surface area contributed by atoms with Crippen LogP contribution in [-0.4, -0.2) is 18.2 Å². The lowest BCUT2D eigenvalue weighted by Crippen LogP contribution is -2.26. The lowest BCUT2D eigenvalue weighted by atomic mass is 10.0. The number of ether oxygens (including phenoxy) is 1. The van der Waals surface area contributed by atoms with E-state index in [2.05, 4.69) is 40.3 Å². The van der Waals surface area contributed by atoms with Crippen LogP contribution in [0.4, 0.5) is 0 Å². The molecule has 0 aliphatic carbocycles. The first-order valence-corrected chi connectivity index (χ1v) is 9.13. The maximum atomic E-state index is 12.0. The zero-order chi connectivity index (χ0) is 18.2. The summed E-state index contributed by atoms with van der Waals surface area (Å²) in [6.45, 7) is 6.18. The van der Waals surface area contributed by atoms with Gasteiger partial charge in [-0.05, 0) is 51.5 Å². The molecule has 0 radical (unpaired) electrons. The molecular formula is C20H23BrN2O2. The molecule has 0 fully saturated rings. The summed E-state index contributed by atoms with van der Waals surface area (Å²) in [5, 5.41) is 4.21. The lowest BCUT2D eigenvalue weighted by Gasteiger charge is -2.11. The average Bonchev–Trinajstić information content (AvgIpc) is 2.62. The quantitative estimate of drug-likeness (QED) is 0.529. The fraction of sp³-hybridized carbons (Fsp3) is 0.300. The third-order valence-corrected chi connectivity index (χ3v) is 4.36. The first-order chi connectivity index (χ1) is 12.0. The molecule has 132 valence electrons. The molecular weight excluding hydrogens is 380 g/mol. The van der Waals surface area contributed by atoms with Gasteiger partial charge in [0.2, 0.25) is 0 Å². The molecule has 2 aromatic carbocycles. The Kier molecular flexibility index (Phi) is 7.19. The van der Waals surface area contributed by atoms with E-state index in [4.69, 9.17) is 4.74 Å². The van der Waals surface area contributed by atoms with Crippen molar-refractivity contribution in [3.05, 3.63) is 64.1 Å². The molecule has 5 heteroatoms. The summed E-state index contributed by atoms with van der Waals surface area (Å²) in [5.41, 5.74) is 5.60. The van der Waals surface area contributed by atoms with Gasteiger partial charge in [0.05, 0.1) is 10.2 Å². The van der Waals surface area contributed by atoms with Crippen molar-refractivity contribution in [3.63, 3.8) is 0 Å².